The molecule has 1 saturated carbocycles. The van der Waals surface area contributed by atoms with E-state index in [0.717, 1.165) is 78.9 Å². The number of rotatable bonds is 9. The van der Waals surface area contributed by atoms with Gasteiger partial charge >= 0.3 is 0 Å². The summed E-state index contributed by atoms with van der Waals surface area (Å²) in [6, 6.07) is 10.2. The lowest BCUT2D eigenvalue weighted by Crippen LogP contribution is -2.36. The molecule has 4 heterocycles. The van der Waals surface area contributed by atoms with Crippen molar-refractivity contribution in [2.75, 3.05) is 24.7 Å². The summed E-state index contributed by atoms with van der Waals surface area (Å²) in [6.45, 7) is 2.80. The van der Waals surface area contributed by atoms with Crippen LogP contribution in [0.4, 0.5) is 5.13 Å². The number of thiazole rings is 1. The summed E-state index contributed by atoms with van der Waals surface area (Å²) in [5, 5.41) is 0.911. The van der Waals surface area contributed by atoms with Crippen LogP contribution >= 0.6 is 11.3 Å². The van der Waals surface area contributed by atoms with Gasteiger partial charge in [0.05, 0.1) is 22.5 Å². The molecule has 7 nitrogen and oxygen atoms in total. The lowest BCUT2D eigenvalue weighted by molar-refractivity contribution is -0.120. The minimum absolute atomic E-state index is 0.0899. The van der Waals surface area contributed by atoms with E-state index in [0.29, 0.717) is 24.7 Å². The van der Waals surface area contributed by atoms with Crippen molar-refractivity contribution in [2.24, 2.45) is 0 Å². The maximum atomic E-state index is 13.2. The van der Waals surface area contributed by atoms with Crippen LogP contribution in [0.1, 0.15) is 67.9 Å². The molecule has 0 amide bonds. The van der Waals surface area contributed by atoms with Gasteiger partial charge in [-0.15, -0.1) is 0 Å². The van der Waals surface area contributed by atoms with Crippen LogP contribution in [0.15, 0.2) is 30.3 Å². The van der Waals surface area contributed by atoms with Gasteiger partial charge in [-0.1, -0.05) is 41.7 Å². The number of aryl methyl sites for hydroxylation is 1. The van der Waals surface area contributed by atoms with Crippen molar-refractivity contribution in [1.29, 1.82) is 0 Å². The molecule has 1 aromatic carbocycles. The highest BCUT2D eigenvalue weighted by Gasteiger charge is 2.34. The average Bonchev–Trinajstić information content (AvgIpc) is 3.46. The molecule has 184 valence electrons. The number of carbonyl (C=O) groups excluding carboxylic acids is 1. The lowest BCUT2D eigenvalue weighted by atomic mass is 10.0. The molecule has 3 aliphatic rings. The SMILES string of the molecule is O=C(CCc1ccccc1)[C@H]1CCCN1c1nc2nc(COC3CCOCC3)nc(C3CC3)c2s1. The van der Waals surface area contributed by atoms with Crippen LogP contribution < -0.4 is 4.90 Å². The molecule has 0 spiro atoms. The van der Waals surface area contributed by atoms with Gasteiger partial charge in [0.15, 0.2) is 22.4 Å². The van der Waals surface area contributed by atoms with E-state index in [1.807, 2.05) is 18.2 Å². The first-order valence-corrected chi connectivity index (χ1v) is 13.8. The third kappa shape index (κ3) is 5.25. The first-order valence-electron chi connectivity index (χ1n) is 12.9. The van der Waals surface area contributed by atoms with Gasteiger partial charge in [0.25, 0.3) is 0 Å². The van der Waals surface area contributed by atoms with E-state index in [1.54, 1.807) is 11.3 Å². The van der Waals surface area contributed by atoms with Crippen LogP contribution in [0.25, 0.3) is 10.3 Å². The van der Waals surface area contributed by atoms with Crippen LogP contribution in [0.5, 0.6) is 0 Å². The number of hydrogen-bond acceptors (Lipinski definition) is 8. The van der Waals surface area contributed by atoms with Crippen LogP contribution in [-0.2, 0) is 27.3 Å². The summed E-state index contributed by atoms with van der Waals surface area (Å²) in [5.74, 6) is 1.53. The molecule has 3 fully saturated rings. The van der Waals surface area contributed by atoms with Crippen LogP contribution in [0.2, 0.25) is 0 Å². The normalized spacial score (nSPS) is 21.1. The largest absolute Gasteiger partial charge is 0.381 e. The predicted molar refractivity (Wildman–Crippen MR) is 136 cm³/mol. The first-order chi connectivity index (χ1) is 17.2. The Morgan fingerprint density at radius 1 is 1.06 bits per heavy atom. The van der Waals surface area contributed by atoms with Gasteiger partial charge in [0.2, 0.25) is 0 Å². The Hall–Kier alpha value is -2.42. The fourth-order valence-corrected chi connectivity index (χ4v) is 6.30. The van der Waals surface area contributed by atoms with E-state index >= 15 is 0 Å². The van der Waals surface area contributed by atoms with Crippen molar-refractivity contribution in [3.8, 4) is 0 Å². The zero-order chi connectivity index (χ0) is 23.6. The Morgan fingerprint density at radius 3 is 2.69 bits per heavy atom. The molecule has 0 radical (unpaired) electrons. The molecule has 0 unspecified atom stereocenters. The number of carbonyl (C=O) groups is 1. The smallest absolute Gasteiger partial charge is 0.188 e. The average molecular weight is 493 g/mol. The molecule has 3 aromatic rings. The molecule has 2 saturated heterocycles. The van der Waals surface area contributed by atoms with Gasteiger partial charge in [-0.2, -0.15) is 4.98 Å². The summed E-state index contributed by atoms with van der Waals surface area (Å²) in [6.07, 6.45) is 7.67. The fourth-order valence-electron chi connectivity index (χ4n) is 5.15. The lowest BCUT2D eigenvalue weighted by Gasteiger charge is -2.22. The van der Waals surface area contributed by atoms with Gasteiger partial charge in [-0.3, -0.25) is 4.79 Å². The monoisotopic (exact) mass is 492 g/mol. The highest BCUT2D eigenvalue weighted by atomic mass is 32.1. The number of hydrogen-bond donors (Lipinski definition) is 0. The summed E-state index contributed by atoms with van der Waals surface area (Å²) < 4.78 is 12.6. The number of fused-ring (bicyclic) bond motifs is 1. The highest BCUT2D eigenvalue weighted by molar-refractivity contribution is 7.22. The zero-order valence-corrected chi connectivity index (χ0v) is 20.8. The summed E-state index contributed by atoms with van der Waals surface area (Å²) in [4.78, 5) is 30.0. The van der Waals surface area contributed by atoms with E-state index in [4.69, 9.17) is 24.4 Å². The molecule has 6 rings (SSSR count). The second kappa shape index (κ2) is 10.3. The van der Waals surface area contributed by atoms with E-state index in [2.05, 4.69) is 17.0 Å². The van der Waals surface area contributed by atoms with Crippen molar-refractivity contribution in [1.82, 2.24) is 15.0 Å². The van der Waals surface area contributed by atoms with E-state index in [1.165, 1.54) is 18.4 Å². The second-order valence-corrected chi connectivity index (χ2v) is 10.9. The predicted octanol–water partition coefficient (Wildman–Crippen LogP) is 4.83. The maximum absolute atomic E-state index is 13.2. The quantitative estimate of drug-likeness (QED) is 0.423. The van der Waals surface area contributed by atoms with Gasteiger partial charge in [-0.25, -0.2) is 9.97 Å². The van der Waals surface area contributed by atoms with E-state index in [9.17, 15) is 4.79 Å². The van der Waals surface area contributed by atoms with Gasteiger partial charge in [0.1, 0.15) is 6.61 Å². The standard InChI is InChI=1S/C27H32N4O3S/c32-22(11-8-18-5-2-1-3-6-18)21-7-4-14-31(21)27-30-26-25(35-27)24(19-9-10-19)28-23(29-26)17-34-20-12-15-33-16-13-20/h1-3,5-6,19-21H,4,7-17H2/t21-/m1/s1. The number of anilines is 1. The van der Waals surface area contributed by atoms with Crippen LogP contribution in [0, 0.1) is 0 Å². The van der Waals surface area contributed by atoms with Crippen molar-refractivity contribution < 1.29 is 14.3 Å². The molecular formula is C27H32N4O3S. The van der Waals surface area contributed by atoms with E-state index < -0.39 is 0 Å². The van der Waals surface area contributed by atoms with Crippen LogP contribution in [-0.4, -0.2) is 52.6 Å². The number of Topliss-reactive ketones (excluding diaryl/α,β-unsaturated/α-hetero) is 1. The van der Waals surface area contributed by atoms with Gasteiger partial charge in [-0.05, 0) is 50.5 Å². The molecule has 8 heteroatoms. The molecule has 1 aliphatic carbocycles. The first kappa shape index (κ1) is 23.0. The maximum Gasteiger partial charge on any atom is 0.188 e. The summed E-state index contributed by atoms with van der Waals surface area (Å²) >= 11 is 1.66. The Kier molecular flexibility index (Phi) is 6.76. The summed E-state index contributed by atoms with van der Waals surface area (Å²) in [5.41, 5.74) is 3.09. The van der Waals surface area contributed by atoms with Gasteiger partial charge in [0, 0.05) is 32.1 Å². The third-order valence-electron chi connectivity index (χ3n) is 7.27. The van der Waals surface area contributed by atoms with Crippen molar-refractivity contribution >= 4 is 32.6 Å². The summed E-state index contributed by atoms with van der Waals surface area (Å²) in [7, 11) is 0. The van der Waals surface area contributed by atoms with E-state index in [-0.39, 0.29) is 12.1 Å². The minimum atomic E-state index is -0.0899. The fraction of sp³-hybridized carbons (Fsp3) is 0.556. The Bertz CT molecular complexity index is 1170. The van der Waals surface area contributed by atoms with Gasteiger partial charge < -0.3 is 14.4 Å². The molecule has 2 aliphatic heterocycles. The minimum Gasteiger partial charge on any atom is -0.381 e. The number of aromatic nitrogens is 3. The van der Waals surface area contributed by atoms with Crippen molar-refractivity contribution in [2.45, 2.75) is 76.0 Å². The molecule has 0 N–H and O–H groups in total. The number of ketones is 1. The molecule has 35 heavy (non-hydrogen) atoms. The zero-order valence-electron chi connectivity index (χ0n) is 20.0. The van der Waals surface area contributed by atoms with Crippen molar-refractivity contribution in [3.05, 3.63) is 47.4 Å². The second-order valence-electron chi connectivity index (χ2n) is 9.87. The Labute approximate surface area is 209 Å². The number of benzene rings is 1. The van der Waals surface area contributed by atoms with Crippen LogP contribution in [0.3, 0.4) is 0 Å². The highest BCUT2D eigenvalue weighted by Crippen LogP contribution is 2.45. The molecule has 2 aromatic heterocycles. The Morgan fingerprint density at radius 2 is 1.89 bits per heavy atom. The Balaban J connectivity index is 1.20. The number of nitrogens with zero attached hydrogens (tertiary/aromatic N) is 4. The third-order valence-corrected chi connectivity index (χ3v) is 8.37. The molecule has 1 atom stereocenters. The number of ether oxygens (including phenoxy) is 2. The molecular weight excluding hydrogens is 460 g/mol. The van der Waals surface area contributed by atoms with Crippen molar-refractivity contribution in [3.63, 3.8) is 0 Å². The topological polar surface area (TPSA) is 77.4 Å². The molecule has 0 bridgehead atoms.